The maximum Gasteiger partial charge on any atom is 0.157 e. The van der Waals surface area contributed by atoms with Gasteiger partial charge >= 0.3 is 0 Å². The minimum atomic E-state index is -0.497. The number of aliphatic hydroxyl groups excluding tert-OH is 1. The zero-order valence-electron chi connectivity index (χ0n) is 7.42. The van der Waals surface area contributed by atoms with E-state index in [0.29, 0.717) is 11.8 Å². The molecule has 1 N–H and O–H groups in total. The van der Waals surface area contributed by atoms with Gasteiger partial charge in [-0.15, -0.1) is 0 Å². The van der Waals surface area contributed by atoms with Gasteiger partial charge in [-0.05, 0) is 18.8 Å². The first kappa shape index (κ1) is 9.01. The molecule has 66 valence electrons. The highest BCUT2D eigenvalue weighted by Crippen LogP contribution is 2.27. The Morgan fingerprint density at radius 3 is 2.64 bits per heavy atom. The predicted octanol–water partition coefficient (Wildman–Crippen LogP) is 1.78. The Morgan fingerprint density at radius 1 is 1.36 bits per heavy atom. The monoisotopic (exact) mass is 158 g/mol. The molecule has 1 heterocycles. The fraction of sp³-hybridized carbons (Fsp3) is 1.00. The molecule has 0 spiro atoms. The molecule has 0 amide bonds. The Labute approximate surface area is 68.6 Å². The minimum Gasteiger partial charge on any atom is -0.368 e. The molecular weight excluding hydrogens is 140 g/mol. The molecule has 1 aliphatic rings. The lowest BCUT2D eigenvalue weighted by atomic mass is 9.88. The van der Waals surface area contributed by atoms with Crippen molar-refractivity contribution in [3.8, 4) is 0 Å². The smallest absolute Gasteiger partial charge is 0.157 e. The molecule has 0 aliphatic carbocycles. The summed E-state index contributed by atoms with van der Waals surface area (Å²) in [6.45, 7) is 5.03. The molecule has 0 aromatic rings. The Morgan fingerprint density at radius 2 is 2.09 bits per heavy atom. The number of aliphatic hydroxyl groups is 1. The molecule has 3 unspecified atom stereocenters. The van der Waals surface area contributed by atoms with E-state index in [2.05, 4.69) is 13.8 Å². The predicted molar refractivity (Wildman–Crippen MR) is 44.1 cm³/mol. The highest BCUT2D eigenvalue weighted by molar-refractivity contribution is 4.71. The van der Waals surface area contributed by atoms with Crippen molar-refractivity contribution in [1.82, 2.24) is 0 Å². The van der Waals surface area contributed by atoms with E-state index >= 15 is 0 Å². The van der Waals surface area contributed by atoms with Gasteiger partial charge in [0.2, 0.25) is 0 Å². The van der Waals surface area contributed by atoms with Gasteiger partial charge in [-0.3, -0.25) is 0 Å². The Balaban J connectivity index is 2.37. The van der Waals surface area contributed by atoms with Crippen molar-refractivity contribution in [1.29, 1.82) is 0 Å². The molecule has 11 heavy (non-hydrogen) atoms. The quantitative estimate of drug-likeness (QED) is 0.663. The molecule has 0 bridgehead atoms. The summed E-state index contributed by atoms with van der Waals surface area (Å²) in [7, 11) is 0. The highest BCUT2D eigenvalue weighted by atomic mass is 16.6. The van der Waals surface area contributed by atoms with E-state index in [9.17, 15) is 5.11 Å². The van der Waals surface area contributed by atoms with Crippen LogP contribution in [0.3, 0.4) is 0 Å². The normalized spacial score (nSPS) is 39.0. The second-order valence-electron chi connectivity index (χ2n) is 3.40. The van der Waals surface area contributed by atoms with Gasteiger partial charge in [0.15, 0.2) is 6.29 Å². The van der Waals surface area contributed by atoms with E-state index in [1.54, 1.807) is 0 Å². The number of ether oxygens (including phenoxy) is 1. The van der Waals surface area contributed by atoms with Crippen molar-refractivity contribution in [2.75, 3.05) is 6.61 Å². The van der Waals surface area contributed by atoms with Crippen LogP contribution in [0.1, 0.15) is 33.1 Å². The molecule has 0 saturated carbocycles. The summed E-state index contributed by atoms with van der Waals surface area (Å²) in [6.07, 6.45) is 2.83. The average Bonchev–Trinajstić information content (AvgIpc) is 2.05. The van der Waals surface area contributed by atoms with Crippen molar-refractivity contribution < 1.29 is 9.84 Å². The van der Waals surface area contributed by atoms with Crippen LogP contribution >= 0.6 is 0 Å². The van der Waals surface area contributed by atoms with Crippen LogP contribution in [-0.2, 0) is 4.74 Å². The first-order valence-corrected chi connectivity index (χ1v) is 4.57. The minimum absolute atomic E-state index is 0.369. The standard InChI is InChI=1S/C9H18O2/c1-3-7-5-8(4-2)9(10)11-6-7/h7-10H,3-6H2,1-2H3. The molecule has 0 aromatic heterocycles. The lowest BCUT2D eigenvalue weighted by molar-refractivity contribution is -0.175. The van der Waals surface area contributed by atoms with Crippen LogP contribution in [-0.4, -0.2) is 18.0 Å². The molecule has 0 radical (unpaired) electrons. The third-order valence-electron chi connectivity index (χ3n) is 2.64. The number of hydrogen-bond donors (Lipinski definition) is 1. The molecule has 1 saturated heterocycles. The van der Waals surface area contributed by atoms with Crippen LogP contribution < -0.4 is 0 Å². The Hall–Kier alpha value is -0.0800. The molecule has 3 atom stereocenters. The van der Waals surface area contributed by atoms with Crippen molar-refractivity contribution in [3.05, 3.63) is 0 Å². The lowest BCUT2D eigenvalue weighted by Crippen LogP contribution is -2.33. The van der Waals surface area contributed by atoms with Gasteiger partial charge in [0.25, 0.3) is 0 Å². The first-order valence-electron chi connectivity index (χ1n) is 4.57. The number of hydrogen-bond acceptors (Lipinski definition) is 2. The fourth-order valence-corrected chi connectivity index (χ4v) is 1.64. The third-order valence-corrected chi connectivity index (χ3v) is 2.64. The van der Waals surface area contributed by atoms with Crippen LogP contribution in [0.25, 0.3) is 0 Å². The summed E-state index contributed by atoms with van der Waals surface area (Å²) in [6, 6.07) is 0. The lowest BCUT2D eigenvalue weighted by Gasteiger charge is -2.32. The van der Waals surface area contributed by atoms with Gasteiger partial charge in [0.05, 0.1) is 6.61 Å². The average molecular weight is 158 g/mol. The summed E-state index contributed by atoms with van der Waals surface area (Å²) >= 11 is 0. The van der Waals surface area contributed by atoms with Crippen molar-refractivity contribution in [3.63, 3.8) is 0 Å². The largest absolute Gasteiger partial charge is 0.368 e. The Kier molecular flexibility index (Phi) is 3.34. The maximum absolute atomic E-state index is 9.36. The zero-order valence-corrected chi connectivity index (χ0v) is 7.42. The van der Waals surface area contributed by atoms with E-state index in [1.807, 2.05) is 0 Å². The summed E-state index contributed by atoms with van der Waals surface area (Å²) in [5.74, 6) is 1.04. The van der Waals surface area contributed by atoms with Crippen LogP contribution in [0.4, 0.5) is 0 Å². The summed E-state index contributed by atoms with van der Waals surface area (Å²) in [4.78, 5) is 0. The van der Waals surface area contributed by atoms with Gasteiger partial charge in [-0.1, -0.05) is 20.3 Å². The number of rotatable bonds is 2. The van der Waals surface area contributed by atoms with E-state index in [4.69, 9.17) is 4.74 Å². The molecular formula is C9H18O2. The second kappa shape index (κ2) is 4.07. The molecule has 1 rings (SSSR count). The van der Waals surface area contributed by atoms with Crippen molar-refractivity contribution in [2.45, 2.75) is 39.4 Å². The van der Waals surface area contributed by atoms with E-state index in [0.717, 1.165) is 19.4 Å². The van der Waals surface area contributed by atoms with Crippen LogP contribution in [0.15, 0.2) is 0 Å². The van der Waals surface area contributed by atoms with Crippen LogP contribution in [0.2, 0.25) is 0 Å². The molecule has 2 nitrogen and oxygen atoms in total. The van der Waals surface area contributed by atoms with Crippen molar-refractivity contribution >= 4 is 0 Å². The van der Waals surface area contributed by atoms with Gasteiger partial charge < -0.3 is 9.84 Å². The summed E-state index contributed by atoms with van der Waals surface area (Å²) in [5.41, 5.74) is 0. The van der Waals surface area contributed by atoms with Crippen LogP contribution in [0, 0.1) is 11.8 Å². The second-order valence-corrected chi connectivity index (χ2v) is 3.40. The van der Waals surface area contributed by atoms with Crippen LogP contribution in [0.5, 0.6) is 0 Å². The first-order chi connectivity index (χ1) is 5.27. The SMILES string of the molecule is CCC1COC(O)C(CC)C1. The molecule has 1 aliphatic heterocycles. The topological polar surface area (TPSA) is 29.5 Å². The Bertz CT molecular complexity index is 114. The van der Waals surface area contributed by atoms with E-state index in [1.165, 1.54) is 6.42 Å². The molecule has 0 aromatic carbocycles. The maximum atomic E-state index is 9.36. The van der Waals surface area contributed by atoms with Gasteiger partial charge in [0, 0.05) is 5.92 Å². The zero-order chi connectivity index (χ0) is 8.27. The third kappa shape index (κ3) is 2.17. The molecule has 1 fully saturated rings. The van der Waals surface area contributed by atoms with E-state index in [-0.39, 0.29) is 0 Å². The van der Waals surface area contributed by atoms with Gasteiger partial charge in [-0.2, -0.15) is 0 Å². The van der Waals surface area contributed by atoms with Gasteiger partial charge in [0.1, 0.15) is 0 Å². The fourth-order valence-electron chi connectivity index (χ4n) is 1.64. The summed E-state index contributed by atoms with van der Waals surface area (Å²) < 4.78 is 5.24. The van der Waals surface area contributed by atoms with Gasteiger partial charge in [-0.25, -0.2) is 0 Å². The van der Waals surface area contributed by atoms with E-state index < -0.39 is 6.29 Å². The van der Waals surface area contributed by atoms with Crippen molar-refractivity contribution in [2.24, 2.45) is 11.8 Å². The summed E-state index contributed by atoms with van der Waals surface area (Å²) in [5, 5.41) is 9.36. The molecule has 2 heteroatoms. The highest BCUT2D eigenvalue weighted by Gasteiger charge is 2.27.